The maximum atomic E-state index is 10.9. The molecular formula is C14H16N4O3. The molecule has 7 heteroatoms. The van der Waals surface area contributed by atoms with Gasteiger partial charge in [0, 0.05) is 17.8 Å². The van der Waals surface area contributed by atoms with Crippen LogP contribution in [-0.4, -0.2) is 11.5 Å². The van der Waals surface area contributed by atoms with Crippen LogP contribution in [0.2, 0.25) is 0 Å². The fourth-order valence-electron chi connectivity index (χ4n) is 1.88. The molecule has 0 aliphatic carbocycles. The van der Waals surface area contributed by atoms with Crippen molar-refractivity contribution in [1.82, 2.24) is 0 Å². The number of non-ortho nitro benzene ring substituents is 1. The molecule has 0 bridgehead atoms. The van der Waals surface area contributed by atoms with Crippen molar-refractivity contribution in [2.75, 3.05) is 17.3 Å². The zero-order valence-corrected chi connectivity index (χ0v) is 11.5. The normalized spacial score (nSPS) is 10.0. The van der Waals surface area contributed by atoms with Gasteiger partial charge >= 0.3 is 0 Å². The van der Waals surface area contributed by atoms with Gasteiger partial charge in [0.15, 0.2) is 0 Å². The molecule has 0 atom stereocenters. The zero-order valence-electron chi connectivity index (χ0n) is 11.5. The van der Waals surface area contributed by atoms with Crippen LogP contribution < -0.4 is 21.3 Å². The highest BCUT2D eigenvalue weighted by molar-refractivity contribution is 5.71. The summed E-state index contributed by atoms with van der Waals surface area (Å²) in [4.78, 5) is 10.5. The first kappa shape index (κ1) is 14.6. The molecule has 0 saturated carbocycles. The van der Waals surface area contributed by atoms with Gasteiger partial charge < -0.3 is 15.5 Å². The number of para-hydroxylation sites is 2. The molecule has 0 aliphatic heterocycles. The summed E-state index contributed by atoms with van der Waals surface area (Å²) in [5, 5.41) is 14.0. The molecule has 0 aliphatic rings. The van der Waals surface area contributed by atoms with Crippen molar-refractivity contribution in [3.8, 4) is 5.75 Å². The quantitative estimate of drug-likeness (QED) is 0.429. The van der Waals surface area contributed by atoms with E-state index >= 15 is 0 Å². The second-order valence-electron chi connectivity index (χ2n) is 4.22. The molecule has 21 heavy (non-hydrogen) atoms. The molecule has 0 spiro atoms. The Bertz CT molecular complexity index is 646. The van der Waals surface area contributed by atoms with Gasteiger partial charge in [0.1, 0.15) is 5.75 Å². The molecule has 2 aromatic carbocycles. The Morgan fingerprint density at radius 2 is 1.95 bits per heavy atom. The maximum Gasteiger partial charge on any atom is 0.273 e. The number of hydrogen-bond donors (Lipinski definition) is 3. The number of nitro groups is 1. The number of anilines is 3. The van der Waals surface area contributed by atoms with Crippen LogP contribution in [0.5, 0.6) is 5.75 Å². The van der Waals surface area contributed by atoms with E-state index in [0.717, 1.165) is 5.69 Å². The van der Waals surface area contributed by atoms with Crippen molar-refractivity contribution in [3.05, 3.63) is 52.6 Å². The van der Waals surface area contributed by atoms with Crippen molar-refractivity contribution >= 4 is 22.7 Å². The summed E-state index contributed by atoms with van der Waals surface area (Å²) in [6, 6.07) is 11.8. The summed E-state index contributed by atoms with van der Waals surface area (Å²) in [6.45, 7) is 2.42. The van der Waals surface area contributed by atoms with E-state index in [1.165, 1.54) is 12.1 Å². The Morgan fingerprint density at radius 1 is 1.24 bits per heavy atom. The van der Waals surface area contributed by atoms with Gasteiger partial charge in [0.25, 0.3) is 5.69 Å². The van der Waals surface area contributed by atoms with Crippen molar-refractivity contribution in [1.29, 1.82) is 0 Å². The van der Waals surface area contributed by atoms with Crippen LogP contribution in [0.3, 0.4) is 0 Å². The SMILES string of the molecule is CCOc1ccccc1Nc1cc(NN)cc([N+](=O)[O-])c1. The standard InChI is InChI=1S/C14H16N4O3/c1-2-21-14-6-4-3-5-13(14)16-10-7-11(17-15)9-12(8-10)18(19)20/h3-9,16-17H,2,15H2,1H3. The van der Waals surface area contributed by atoms with E-state index in [-0.39, 0.29) is 5.69 Å². The Kier molecular flexibility index (Phi) is 4.57. The Labute approximate surface area is 121 Å². The Hall–Kier alpha value is -2.80. The average molecular weight is 288 g/mol. The van der Waals surface area contributed by atoms with Gasteiger partial charge in [-0.3, -0.25) is 16.0 Å². The number of nitro benzene ring substituents is 1. The lowest BCUT2D eigenvalue weighted by atomic mass is 10.2. The monoisotopic (exact) mass is 288 g/mol. The van der Waals surface area contributed by atoms with Gasteiger partial charge in [-0.05, 0) is 25.1 Å². The summed E-state index contributed by atoms with van der Waals surface area (Å²) in [6.07, 6.45) is 0. The zero-order chi connectivity index (χ0) is 15.2. The molecule has 4 N–H and O–H groups in total. The summed E-state index contributed by atoms with van der Waals surface area (Å²) in [5.74, 6) is 6.01. The molecule has 110 valence electrons. The molecular weight excluding hydrogens is 272 g/mol. The summed E-state index contributed by atoms with van der Waals surface area (Å²) < 4.78 is 5.51. The third-order valence-corrected chi connectivity index (χ3v) is 2.76. The van der Waals surface area contributed by atoms with E-state index in [1.807, 2.05) is 31.2 Å². The number of hydrogen-bond acceptors (Lipinski definition) is 6. The predicted molar refractivity (Wildman–Crippen MR) is 81.8 cm³/mol. The lowest BCUT2D eigenvalue weighted by molar-refractivity contribution is -0.384. The lowest BCUT2D eigenvalue weighted by Gasteiger charge is -2.13. The number of nitrogens with zero attached hydrogens (tertiary/aromatic N) is 1. The minimum Gasteiger partial charge on any atom is -0.492 e. The van der Waals surface area contributed by atoms with E-state index in [2.05, 4.69) is 10.7 Å². The highest BCUT2D eigenvalue weighted by Crippen LogP contribution is 2.30. The second-order valence-corrected chi connectivity index (χ2v) is 4.22. The highest BCUT2D eigenvalue weighted by Gasteiger charge is 2.11. The van der Waals surface area contributed by atoms with Crippen LogP contribution in [0.4, 0.5) is 22.7 Å². The number of ether oxygens (including phenoxy) is 1. The lowest BCUT2D eigenvalue weighted by Crippen LogP contribution is -2.07. The highest BCUT2D eigenvalue weighted by atomic mass is 16.6. The molecule has 7 nitrogen and oxygen atoms in total. The van der Waals surface area contributed by atoms with Gasteiger partial charge in [-0.15, -0.1) is 0 Å². The number of nitrogens with two attached hydrogens (primary N) is 1. The molecule has 0 saturated heterocycles. The largest absolute Gasteiger partial charge is 0.492 e. The number of nitrogens with one attached hydrogen (secondary N) is 2. The first-order valence-corrected chi connectivity index (χ1v) is 6.39. The van der Waals surface area contributed by atoms with Crippen LogP contribution in [0, 0.1) is 10.1 Å². The summed E-state index contributed by atoms with van der Waals surface area (Å²) in [7, 11) is 0. The van der Waals surface area contributed by atoms with E-state index in [4.69, 9.17) is 10.6 Å². The van der Waals surface area contributed by atoms with Gasteiger partial charge in [0.2, 0.25) is 0 Å². The van der Waals surface area contributed by atoms with Gasteiger partial charge in [-0.1, -0.05) is 12.1 Å². The van der Waals surface area contributed by atoms with E-state index in [1.54, 1.807) is 6.07 Å². The van der Waals surface area contributed by atoms with Crippen molar-refractivity contribution in [2.45, 2.75) is 6.92 Å². The smallest absolute Gasteiger partial charge is 0.273 e. The second kappa shape index (κ2) is 6.58. The third kappa shape index (κ3) is 3.61. The topological polar surface area (TPSA) is 102 Å². The number of benzene rings is 2. The number of hydrazine groups is 1. The Morgan fingerprint density at radius 3 is 2.62 bits per heavy atom. The molecule has 0 heterocycles. The minimum absolute atomic E-state index is 0.0539. The fraction of sp³-hybridized carbons (Fsp3) is 0.143. The van der Waals surface area contributed by atoms with E-state index < -0.39 is 4.92 Å². The van der Waals surface area contributed by atoms with Crippen LogP contribution in [0.15, 0.2) is 42.5 Å². The first-order chi connectivity index (χ1) is 10.1. The number of rotatable bonds is 6. The molecule has 0 fully saturated rings. The minimum atomic E-state index is -0.472. The predicted octanol–water partition coefficient (Wildman–Crippen LogP) is 3.02. The third-order valence-electron chi connectivity index (χ3n) is 2.76. The fourth-order valence-corrected chi connectivity index (χ4v) is 1.88. The van der Waals surface area contributed by atoms with Crippen LogP contribution in [0.1, 0.15) is 6.92 Å². The Balaban J connectivity index is 2.35. The molecule has 2 rings (SSSR count). The van der Waals surface area contributed by atoms with Crippen molar-refractivity contribution < 1.29 is 9.66 Å². The van der Waals surface area contributed by atoms with Crippen LogP contribution in [-0.2, 0) is 0 Å². The van der Waals surface area contributed by atoms with E-state index in [9.17, 15) is 10.1 Å². The first-order valence-electron chi connectivity index (χ1n) is 6.39. The van der Waals surface area contributed by atoms with E-state index in [0.29, 0.717) is 23.7 Å². The van der Waals surface area contributed by atoms with Crippen molar-refractivity contribution in [2.24, 2.45) is 5.84 Å². The molecule has 0 unspecified atom stereocenters. The molecule has 0 radical (unpaired) electrons. The number of nitrogen functional groups attached to an aromatic ring is 1. The molecule has 0 aromatic heterocycles. The average Bonchev–Trinajstić information content (AvgIpc) is 2.49. The van der Waals surface area contributed by atoms with Crippen LogP contribution in [0.25, 0.3) is 0 Å². The molecule has 2 aromatic rings. The van der Waals surface area contributed by atoms with Crippen molar-refractivity contribution in [3.63, 3.8) is 0 Å². The van der Waals surface area contributed by atoms with Crippen LogP contribution >= 0.6 is 0 Å². The summed E-state index contributed by atoms with van der Waals surface area (Å²) >= 11 is 0. The van der Waals surface area contributed by atoms with Gasteiger partial charge in [0.05, 0.1) is 22.9 Å². The summed E-state index contributed by atoms with van der Waals surface area (Å²) in [5.41, 5.74) is 4.07. The van der Waals surface area contributed by atoms with Gasteiger partial charge in [-0.25, -0.2) is 0 Å². The van der Waals surface area contributed by atoms with Gasteiger partial charge in [-0.2, -0.15) is 0 Å². The maximum absolute atomic E-state index is 10.9. The molecule has 0 amide bonds.